The Morgan fingerprint density at radius 3 is 2.92 bits per heavy atom. The summed E-state index contributed by atoms with van der Waals surface area (Å²) in [5.74, 6) is 0.708. The van der Waals surface area contributed by atoms with Crippen molar-refractivity contribution < 1.29 is 9.53 Å². The van der Waals surface area contributed by atoms with Crippen molar-refractivity contribution in [2.24, 2.45) is 4.99 Å². The van der Waals surface area contributed by atoms with Crippen molar-refractivity contribution in [2.45, 2.75) is 56.7 Å². The van der Waals surface area contributed by atoms with Gasteiger partial charge in [-0.25, -0.2) is 4.99 Å². The van der Waals surface area contributed by atoms with Crippen molar-refractivity contribution in [1.29, 1.82) is 0 Å². The molecule has 2 heterocycles. The third kappa shape index (κ3) is 4.76. The Hall–Kier alpha value is -1.60. The van der Waals surface area contributed by atoms with Gasteiger partial charge in [-0.15, -0.1) is 11.3 Å². The zero-order valence-corrected chi connectivity index (χ0v) is 16.8. The molecule has 1 amide bonds. The number of thiophene rings is 1. The average molecular weight is 379 g/mol. The van der Waals surface area contributed by atoms with Gasteiger partial charge in [0, 0.05) is 31.6 Å². The van der Waals surface area contributed by atoms with E-state index in [0.29, 0.717) is 12.0 Å². The zero-order chi connectivity index (χ0) is 18.6. The van der Waals surface area contributed by atoms with Gasteiger partial charge in [-0.3, -0.25) is 4.79 Å². The predicted octanol–water partition coefficient (Wildman–Crippen LogP) is 2.53. The van der Waals surface area contributed by atoms with E-state index in [1.807, 2.05) is 0 Å². The molecule has 2 N–H and O–H groups in total. The Kier molecular flexibility index (Phi) is 6.19. The molecule has 7 heteroatoms. The molecule has 2 fully saturated rings. The fourth-order valence-corrected chi connectivity index (χ4v) is 4.23. The number of ether oxygens (including phenoxy) is 1. The zero-order valence-electron chi connectivity index (χ0n) is 16.0. The summed E-state index contributed by atoms with van der Waals surface area (Å²) in [5.41, 5.74) is 0.0832. The van der Waals surface area contributed by atoms with Gasteiger partial charge in [0.2, 0.25) is 5.91 Å². The molecule has 3 rings (SSSR count). The van der Waals surface area contributed by atoms with E-state index in [2.05, 4.69) is 40.1 Å². The molecular weight excluding hydrogens is 348 g/mol. The molecule has 2 unspecified atom stereocenters. The summed E-state index contributed by atoms with van der Waals surface area (Å²) < 4.78 is 6.02. The smallest absolute Gasteiger partial charge is 0.243 e. The summed E-state index contributed by atoms with van der Waals surface area (Å²) in [6.45, 7) is 3.06. The highest BCUT2D eigenvalue weighted by Gasteiger charge is 2.42. The fraction of sp³-hybridized carbons (Fsp3) is 0.684. The van der Waals surface area contributed by atoms with Crippen LogP contribution >= 0.6 is 11.3 Å². The molecule has 1 aliphatic heterocycles. The van der Waals surface area contributed by atoms with Gasteiger partial charge >= 0.3 is 0 Å². The first kappa shape index (κ1) is 19.2. The number of nitrogens with one attached hydrogen (secondary N) is 2. The largest absolute Gasteiger partial charge is 0.375 e. The molecule has 2 aliphatic rings. The second kappa shape index (κ2) is 8.39. The monoisotopic (exact) mass is 378 g/mol. The maximum absolute atomic E-state index is 12.0. The van der Waals surface area contributed by atoms with Crippen LogP contribution in [0.15, 0.2) is 22.5 Å². The highest BCUT2D eigenvalue weighted by atomic mass is 32.1. The van der Waals surface area contributed by atoms with Crippen molar-refractivity contribution in [3.05, 3.63) is 22.4 Å². The van der Waals surface area contributed by atoms with Crippen molar-refractivity contribution >= 4 is 23.2 Å². The van der Waals surface area contributed by atoms with Crippen LogP contribution in [0.2, 0.25) is 0 Å². The molecule has 0 aromatic carbocycles. The number of hydrogen-bond donors (Lipinski definition) is 2. The Labute approximate surface area is 160 Å². The number of carbonyl (C=O) groups excluding carboxylic acids is 1. The van der Waals surface area contributed by atoms with Gasteiger partial charge in [-0.2, -0.15) is 0 Å². The van der Waals surface area contributed by atoms with Crippen LogP contribution in [0, 0.1) is 0 Å². The summed E-state index contributed by atoms with van der Waals surface area (Å²) in [7, 11) is 3.51. The summed E-state index contributed by atoms with van der Waals surface area (Å²) in [4.78, 5) is 19.3. The fourth-order valence-electron chi connectivity index (χ4n) is 3.50. The molecule has 1 saturated carbocycles. The second-order valence-corrected chi connectivity index (χ2v) is 8.53. The van der Waals surface area contributed by atoms with Crippen LogP contribution in [0.4, 0.5) is 0 Å². The van der Waals surface area contributed by atoms with Crippen LogP contribution < -0.4 is 10.6 Å². The van der Waals surface area contributed by atoms with Gasteiger partial charge in [0.15, 0.2) is 5.96 Å². The number of nitrogens with zero attached hydrogens (tertiary/aromatic N) is 2. The van der Waals surface area contributed by atoms with Gasteiger partial charge in [-0.05, 0) is 50.5 Å². The molecule has 0 radical (unpaired) electrons. The van der Waals surface area contributed by atoms with E-state index in [1.54, 1.807) is 30.3 Å². The molecule has 1 aromatic rings. The first-order valence-electron chi connectivity index (χ1n) is 9.42. The van der Waals surface area contributed by atoms with E-state index < -0.39 is 0 Å². The van der Waals surface area contributed by atoms with Crippen molar-refractivity contribution in [3.63, 3.8) is 0 Å². The molecule has 1 spiro atoms. The van der Waals surface area contributed by atoms with Gasteiger partial charge in [0.05, 0.1) is 11.6 Å². The van der Waals surface area contributed by atoms with Crippen molar-refractivity contribution in [2.75, 3.05) is 27.2 Å². The van der Waals surface area contributed by atoms with E-state index >= 15 is 0 Å². The van der Waals surface area contributed by atoms with Gasteiger partial charge in [0.1, 0.15) is 6.54 Å². The Morgan fingerprint density at radius 1 is 1.50 bits per heavy atom. The Morgan fingerprint density at radius 2 is 2.31 bits per heavy atom. The maximum atomic E-state index is 12.0. The molecule has 1 aliphatic carbocycles. The van der Waals surface area contributed by atoms with E-state index in [4.69, 9.17) is 4.74 Å². The first-order valence-corrected chi connectivity index (χ1v) is 10.3. The highest BCUT2D eigenvalue weighted by molar-refractivity contribution is 7.10. The number of amides is 1. The minimum absolute atomic E-state index is 0.00248. The lowest BCUT2D eigenvalue weighted by atomic mass is 9.74. The minimum atomic E-state index is -0.00248. The molecule has 1 saturated heterocycles. The molecule has 26 heavy (non-hydrogen) atoms. The number of likely N-dealkylation sites (N-methyl/N-ethyl adjacent to an activating group) is 1. The third-order valence-corrected chi connectivity index (χ3v) is 6.35. The SMILES string of the molecule is CC(NC(=NCC(=O)N(C)C)NC1CCOC2(CCC2)C1)c1cccs1. The van der Waals surface area contributed by atoms with Crippen LogP contribution in [0.1, 0.15) is 49.9 Å². The van der Waals surface area contributed by atoms with Crippen LogP contribution in [-0.4, -0.2) is 55.7 Å². The van der Waals surface area contributed by atoms with Crippen molar-refractivity contribution in [3.8, 4) is 0 Å². The predicted molar refractivity (Wildman–Crippen MR) is 106 cm³/mol. The number of aliphatic imine (C=N–C) groups is 1. The quantitative estimate of drug-likeness (QED) is 0.610. The second-order valence-electron chi connectivity index (χ2n) is 7.55. The summed E-state index contributed by atoms with van der Waals surface area (Å²) in [5, 5.41) is 9.10. The summed E-state index contributed by atoms with van der Waals surface area (Å²) in [6, 6.07) is 4.65. The van der Waals surface area contributed by atoms with E-state index in [-0.39, 0.29) is 24.1 Å². The van der Waals surface area contributed by atoms with E-state index in [0.717, 1.165) is 32.3 Å². The minimum Gasteiger partial charge on any atom is -0.375 e. The number of hydrogen-bond acceptors (Lipinski definition) is 4. The standard InChI is InChI=1S/C19H30N4O2S/c1-14(16-6-4-11-26-16)21-18(20-13-17(24)23(2)3)22-15-7-10-25-19(12-15)8-5-9-19/h4,6,11,14-15H,5,7-10,12-13H2,1-3H3,(H2,20,21,22). The molecule has 1 aromatic heterocycles. The van der Waals surface area contributed by atoms with E-state index in [1.165, 1.54) is 11.3 Å². The van der Waals surface area contributed by atoms with Crippen LogP contribution in [0.25, 0.3) is 0 Å². The lowest BCUT2D eigenvalue weighted by Gasteiger charge is -2.47. The Balaban J connectivity index is 1.65. The lowest BCUT2D eigenvalue weighted by Crippen LogP contribution is -2.54. The van der Waals surface area contributed by atoms with Crippen LogP contribution in [-0.2, 0) is 9.53 Å². The third-order valence-electron chi connectivity index (χ3n) is 5.29. The highest BCUT2D eigenvalue weighted by Crippen LogP contribution is 2.42. The average Bonchev–Trinajstić information content (AvgIpc) is 3.12. The summed E-state index contributed by atoms with van der Waals surface area (Å²) >= 11 is 1.72. The van der Waals surface area contributed by atoms with Gasteiger partial charge < -0.3 is 20.3 Å². The van der Waals surface area contributed by atoms with Crippen LogP contribution in [0.5, 0.6) is 0 Å². The molecular formula is C19H30N4O2S. The molecule has 2 atom stereocenters. The number of guanidine groups is 1. The molecule has 0 bridgehead atoms. The Bertz CT molecular complexity index is 625. The summed E-state index contributed by atoms with van der Waals surface area (Å²) in [6.07, 6.45) is 5.57. The number of carbonyl (C=O) groups is 1. The molecule has 6 nitrogen and oxygen atoms in total. The van der Waals surface area contributed by atoms with Crippen molar-refractivity contribution in [1.82, 2.24) is 15.5 Å². The first-order chi connectivity index (χ1) is 12.5. The maximum Gasteiger partial charge on any atom is 0.243 e. The van der Waals surface area contributed by atoms with E-state index in [9.17, 15) is 4.79 Å². The topological polar surface area (TPSA) is 66.0 Å². The van der Waals surface area contributed by atoms with Gasteiger partial charge in [-0.1, -0.05) is 6.07 Å². The number of rotatable bonds is 5. The lowest BCUT2D eigenvalue weighted by molar-refractivity contribution is -0.134. The molecule has 144 valence electrons. The normalized spacial score (nSPS) is 23.2. The van der Waals surface area contributed by atoms with Crippen LogP contribution in [0.3, 0.4) is 0 Å². The van der Waals surface area contributed by atoms with Gasteiger partial charge in [0.25, 0.3) is 0 Å².